The van der Waals surface area contributed by atoms with Gasteiger partial charge in [-0.3, -0.25) is 0 Å². The van der Waals surface area contributed by atoms with Crippen LogP contribution in [-0.4, -0.2) is 0 Å². The topological polar surface area (TPSA) is 0 Å². The molecule has 0 bridgehead atoms. The van der Waals surface area contributed by atoms with Crippen LogP contribution in [0.1, 0.15) is 468 Å². The first kappa shape index (κ1) is 86.2. The average molecular weight is 1380 g/mol. The highest BCUT2D eigenvalue weighted by atomic mass is 14.5. The normalized spacial score (nSPS) is 37.0. The minimum Gasteiger partial charge on any atom is -0.0599 e. The van der Waals surface area contributed by atoms with E-state index in [1.807, 2.05) is 0 Å². The minimum absolute atomic E-state index is 0.536. The van der Waals surface area contributed by atoms with Gasteiger partial charge < -0.3 is 0 Å². The molecule has 0 atom stereocenters. The zero-order valence-electron chi connectivity index (χ0n) is 72.8. The van der Waals surface area contributed by atoms with Crippen molar-refractivity contribution in [3.05, 3.63) is 0 Å². The SMILES string of the molecule is CC(C)(C)C1CCC(CC2CCC(C(C)(C)C)CC2)CC1.CC(C)(C)C1CCC(CC2CCC(CC3CCC(C(C)(C)C)CC3)CC2)CC1.CC(C)(C)C1CCC(CCC2CCC(C(C)(C)C)CC2)CC1.CC(C)(C)C1CCC(CCC2CCC(C3CCC(C(C)(C)C)CC3)CC2)CC1. The molecule has 10 fully saturated rings. The largest absolute Gasteiger partial charge is 0.0599 e. The molecular formula is C99H186. The van der Waals surface area contributed by atoms with Gasteiger partial charge in [-0.25, -0.2) is 0 Å². The molecule has 10 saturated carbocycles. The summed E-state index contributed by atoms with van der Waals surface area (Å²) in [5.74, 6) is 20.6. The first-order valence-corrected chi connectivity index (χ1v) is 46.1. The van der Waals surface area contributed by atoms with Crippen molar-refractivity contribution in [1.82, 2.24) is 0 Å². The van der Waals surface area contributed by atoms with Crippen molar-refractivity contribution in [2.45, 2.75) is 468 Å². The highest BCUT2D eigenvalue weighted by Gasteiger charge is 2.40. The molecule has 10 rings (SSSR count). The second-order valence-electron chi connectivity index (χ2n) is 48.1. The summed E-state index contributed by atoms with van der Waals surface area (Å²) in [6.07, 6.45) is 71.6. The van der Waals surface area contributed by atoms with Crippen LogP contribution in [0.2, 0.25) is 0 Å². The molecular weight excluding hydrogens is 1190 g/mol. The maximum absolute atomic E-state index is 2.46. The van der Waals surface area contributed by atoms with Crippen molar-refractivity contribution in [2.75, 3.05) is 0 Å². The van der Waals surface area contributed by atoms with Gasteiger partial charge in [-0.2, -0.15) is 0 Å². The number of hydrogen-bond acceptors (Lipinski definition) is 0. The fourth-order valence-electron chi connectivity index (χ4n) is 24.5. The third kappa shape index (κ3) is 29.8. The molecule has 0 heteroatoms. The Kier molecular flexibility index (Phi) is 33.4. The lowest BCUT2D eigenvalue weighted by molar-refractivity contribution is 0.0973. The van der Waals surface area contributed by atoms with Gasteiger partial charge in [0, 0.05) is 0 Å². The fourth-order valence-corrected chi connectivity index (χ4v) is 24.5. The van der Waals surface area contributed by atoms with Crippen LogP contribution in [0.15, 0.2) is 0 Å². The standard InChI is InChI=1S/2C28H52.C22H42.C21H40/c1-27(2,3)25-15-11-23(12-16-25)19-21-7-9-22(10-8-21)20-24-13-17-26(18-14-24)28(4,5)6;1-27(2,3)25-17-11-22(12-18-25)8-7-21-9-13-23(14-10-21)24-15-19-26(20-16-24)28(4,5)6;1-21(2,3)19-13-9-17(10-14-19)7-8-18-11-15-20(16-12-18)22(4,5)6;1-20(2,3)18-11-7-16(8-12-18)15-17-9-13-19(14-10-17)21(4,5)6/h2*21-26H,7-20H2,1-6H3;17-20H,7-16H2,1-6H3;16-19H,7-15H2,1-6H3. The van der Waals surface area contributed by atoms with E-state index in [1.165, 1.54) is 218 Å². The van der Waals surface area contributed by atoms with Gasteiger partial charge in [-0.15, -0.1) is 0 Å². The fraction of sp³-hybridized carbons (Fsp3) is 1.00. The third-order valence-corrected chi connectivity index (χ3v) is 33.0. The maximum Gasteiger partial charge on any atom is -0.0354 e. The highest BCUT2D eigenvalue weighted by Crippen LogP contribution is 2.52. The second kappa shape index (κ2) is 38.4. The van der Waals surface area contributed by atoms with Crippen LogP contribution in [0, 0.1) is 162 Å². The molecule has 99 heavy (non-hydrogen) atoms. The van der Waals surface area contributed by atoms with Crippen molar-refractivity contribution in [3.63, 3.8) is 0 Å². The van der Waals surface area contributed by atoms with Gasteiger partial charge in [0.05, 0.1) is 0 Å². The molecule has 0 aliphatic heterocycles. The molecule has 0 amide bonds. The van der Waals surface area contributed by atoms with Crippen LogP contribution in [-0.2, 0) is 0 Å². The quantitative estimate of drug-likeness (QED) is 0.172. The van der Waals surface area contributed by atoms with Crippen molar-refractivity contribution >= 4 is 0 Å². The molecule has 10 aliphatic carbocycles. The zero-order valence-corrected chi connectivity index (χ0v) is 72.8. The smallest absolute Gasteiger partial charge is 0.0354 e. The Morgan fingerprint density at radius 2 is 0.232 bits per heavy atom. The van der Waals surface area contributed by atoms with Crippen molar-refractivity contribution in [3.8, 4) is 0 Å². The van der Waals surface area contributed by atoms with Gasteiger partial charge in [0.15, 0.2) is 0 Å². The molecule has 0 unspecified atom stereocenters. The first-order valence-electron chi connectivity index (χ1n) is 46.1. The Balaban J connectivity index is 0.000000187. The van der Waals surface area contributed by atoms with Gasteiger partial charge in [0.25, 0.3) is 0 Å². The Bertz CT molecular complexity index is 1990. The minimum atomic E-state index is 0.536. The lowest BCUT2D eigenvalue weighted by Gasteiger charge is -2.41. The molecule has 0 spiro atoms. The van der Waals surface area contributed by atoms with E-state index in [2.05, 4.69) is 166 Å². The van der Waals surface area contributed by atoms with Crippen molar-refractivity contribution in [2.24, 2.45) is 162 Å². The predicted molar refractivity (Wildman–Crippen MR) is 442 cm³/mol. The van der Waals surface area contributed by atoms with E-state index in [0.717, 1.165) is 118 Å². The van der Waals surface area contributed by atoms with Crippen LogP contribution in [0.25, 0.3) is 0 Å². The molecule has 582 valence electrons. The summed E-state index contributed by atoms with van der Waals surface area (Å²) in [5.41, 5.74) is 4.30. The van der Waals surface area contributed by atoms with E-state index in [9.17, 15) is 0 Å². The van der Waals surface area contributed by atoms with E-state index in [1.54, 1.807) is 83.5 Å². The van der Waals surface area contributed by atoms with Crippen LogP contribution >= 0.6 is 0 Å². The van der Waals surface area contributed by atoms with Crippen LogP contribution in [0.5, 0.6) is 0 Å². The summed E-state index contributed by atoms with van der Waals surface area (Å²) in [6.45, 7) is 58.7. The summed E-state index contributed by atoms with van der Waals surface area (Å²) < 4.78 is 0. The molecule has 0 nitrogen and oxygen atoms in total. The summed E-state index contributed by atoms with van der Waals surface area (Å²) in [5, 5.41) is 0. The molecule has 0 heterocycles. The lowest BCUT2D eigenvalue weighted by atomic mass is 9.64. The van der Waals surface area contributed by atoms with Crippen LogP contribution in [0.4, 0.5) is 0 Å². The third-order valence-electron chi connectivity index (χ3n) is 33.0. The summed E-state index contributed by atoms with van der Waals surface area (Å²) in [4.78, 5) is 0. The molecule has 0 aromatic rings. The van der Waals surface area contributed by atoms with Gasteiger partial charge in [0.1, 0.15) is 0 Å². The Labute approximate surface area is 625 Å². The van der Waals surface area contributed by atoms with Crippen LogP contribution < -0.4 is 0 Å². The second-order valence-corrected chi connectivity index (χ2v) is 48.1. The van der Waals surface area contributed by atoms with Gasteiger partial charge in [-0.05, 0) is 309 Å². The predicted octanol–water partition coefficient (Wildman–Crippen LogP) is 33.1. The van der Waals surface area contributed by atoms with E-state index >= 15 is 0 Å². The van der Waals surface area contributed by atoms with Gasteiger partial charge >= 0.3 is 0 Å². The molecule has 0 saturated heterocycles. The molecule has 10 aliphatic rings. The summed E-state index contributed by atoms with van der Waals surface area (Å²) in [6, 6.07) is 0. The monoisotopic (exact) mass is 1380 g/mol. The Morgan fingerprint density at radius 3 is 0.374 bits per heavy atom. The maximum atomic E-state index is 2.46. The summed E-state index contributed by atoms with van der Waals surface area (Å²) >= 11 is 0. The zero-order chi connectivity index (χ0) is 72.8. The molecule has 0 N–H and O–H groups in total. The van der Waals surface area contributed by atoms with E-state index in [4.69, 9.17) is 0 Å². The lowest BCUT2D eigenvalue weighted by Crippen LogP contribution is -2.30. The molecule has 0 radical (unpaired) electrons. The molecule has 0 aromatic heterocycles. The number of hydrogen-bond donors (Lipinski definition) is 0. The van der Waals surface area contributed by atoms with Crippen molar-refractivity contribution < 1.29 is 0 Å². The highest BCUT2D eigenvalue weighted by molar-refractivity contribution is 4.91. The first-order chi connectivity index (χ1) is 46.1. The Hall–Kier alpha value is 0. The van der Waals surface area contributed by atoms with Crippen LogP contribution in [0.3, 0.4) is 0 Å². The molecule has 0 aromatic carbocycles. The van der Waals surface area contributed by atoms with Gasteiger partial charge in [-0.1, -0.05) is 320 Å². The average Bonchev–Trinajstić information content (AvgIpc) is 0.859. The number of rotatable bonds is 13. The Morgan fingerprint density at radius 1 is 0.131 bits per heavy atom. The van der Waals surface area contributed by atoms with E-state index < -0.39 is 0 Å². The summed E-state index contributed by atoms with van der Waals surface area (Å²) in [7, 11) is 0. The van der Waals surface area contributed by atoms with E-state index in [0.29, 0.717) is 43.3 Å². The van der Waals surface area contributed by atoms with E-state index in [-0.39, 0.29) is 0 Å². The van der Waals surface area contributed by atoms with Crippen molar-refractivity contribution in [1.29, 1.82) is 0 Å². The van der Waals surface area contributed by atoms with Gasteiger partial charge in [0.2, 0.25) is 0 Å².